The van der Waals surface area contributed by atoms with Gasteiger partial charge < -0.3 is 10.5 Å². The summed E-state index contributed by atoms with van der Waals surface area (Å²) in [6.07, 6.45) is 0.322. The van der Waals surface area contributed by atoms with Crippen molar-refractivity contribution in [3.05, 3.63) is 63.6 Å². The molecule has 2 nitrogen and oxygen atoms in total. The van der Waals surface area contributed by atoms with E-state index in [-0.39, 0.29) is 5.75 Å². The van der Waals surface area contributed by atoms with Crippen LogP contribution in [-0.2, 0) is 6.42 Å². The van der Waals surface area contributed by atoms with Gasteiger partial charge in [-0.2, -0.15) is 8.78 Å². The predicted octanol–water partition coefficient (Wildman–Crippen LogP) is 4.84. The largest absolute Gasteiger partial charge is 0.434 e. The highest BCUT2D eigenvalue weighted by Crippen LogP contribution is 2.32. The lowest BCUT2D eigenvalue weighted by Gasteiger charge is -2.18. The quantitative estimate of drug-likeness (QED) is 0.850. The monoisotopic (exact) mass is 331 g/mol. The Kier molecular flexibility index (Phi) is 5.39. The molecule has 112 valence electrons. The highest BCUT2D eigenvalue weighted by atomic mass is 35.5. The molecule has 2 N–H and O–H groups in total. The first kappa shape index (κ1) is 16.0. The molecule has 0 aliphatic rings. The van der Waals surface area contributed by atoms with Crippen LogP contribution in [0.4, 0.5) is 8.78 Å². The SMILES string of the molecule is NC(Cc1c(Cl)cccc1Cl)c1ccccc1OC(F)F. The lowest BCUT2D eigenvalue weighted by atomic mass is 9.99. The molecule has 0 heterocycles. The van der Waals surface area contributed by atoms with Crippen LogP contribution >= 0.6 is 23.2 Å². The second-order valence-corrected chi connectivity index (χ2v) is 5.24. The van der Waals surface area contributed by atoms with Gasteiger partial charge in [0.15, 0.2) is 0 Å². The molecule has 1 atom stereocenters. The Labute approximate surface area is 131 Å². The van der Waals surface area contributed by atoms with E-state index in [0.717, 1.165) is 0 Å². The Bertz CT molecular complexity index is 602. The maximum absolute atomic E-state index is 12.4. The van der Waals surface area contributed by atoms with E-state index >= 15 is 0 Å². The normalized spacial score (nSPS) is 12.5. The third kappa shape index (κ3) is 4.06. The second-order valence-electron chi connectivity index (χ2n) is 4.43. The molecule has 2 rings (SSSR count). The number of alkyl halides is 2. The van der Waals surface area contributed by atoms with E-state index in [2.05, 4.69) is 4.74 Å². The molecule has 6 heteroatoms. The molecule has 2 aromatic rings. The minimum absolute atomic E-state index is 0.0585. The van der Waals surface area contributed by atoms with Gasteiger partial charge in [-0.15, -0.1) is 0 Å². The van der Waals surface area contributed by atoms with Gasteiger partial charge in [0.05, 0.1) is 0 Å². The number of nitrogens with two attached hydrogens (primary N) is 1. The van der Waals surface area contributed by atoms with Gasteiger partial charge in [-0.25, -0.2) is 0 Å². The van der Waals surface area contributed by atoms with Crippen LogP contribution < -0.4 is 10.5 Å². The van der Waals surface area contributed by atoms with Crippen LogP contribution in [0.2, 0.25) is 10.0 Å². The molecule has 21 heavy (non-hydrogen) atoms. The fraction of sp³-hybridized carbons (Fsp3) is 0.200. The number of para-hydroxylation sites is 1. The van der Waals surface area contributed by atoms with Gasteiger partial charge in [-0.05, 0) is 30.2 Å². The molecule has 0 aliphatic carbocycles. The molecule has 0 saturated heterocycles. The average Bonchev–Trinajstić information content (AvgIpc) is 2.43. The Hall–Kier alpha value is -1.36. The van der Waals surface area contributed by atoms with Gasteiger partial charge in [0, 0.05) is 21.7 Å². The summed E-state index contributed by atoms with van der Waals surface area (Å²) in [5, 5.41) is 0.982. The highest BCUT2D eigenvalue weighted by Gasteiger charge is 2.17. The zero-order valence-electron chi connectivity index (χ0n) is 10.9. The Morgan fingerprint density at radius 2 is 1.62 bits per heavy atom. The molecular weight excluding hydrogens is 319 g/mol. The summed E-state index contributed by atoms with van der Waals surface area (Å²) in [4.78, 5) is 0. The fourth-order valence-electron chi connectivity index (χ4n) is 2.05. The van der Waals surface area contributed by atoms with Crippen LogP contribution in [0, 0.1) is 0 Å². The Morgan fingerprint density at radius 3 is 2.24 bits per heavy atom. The summed E-state index contributed by atoms with van der Waals surface area (Å²) < 4.78 is 29.3. The van der Waals surface area contributed by atoms with Gasteiger partial charge in [0.1, 0.15) is 5.75 Å². The van der Waals surface area contributed by atoms with Crippen molar-refractivity contribution in [1.29, 1.82) is 0 Å². The maximum atomic E-state index is 12.4. The van der Waals surface area contributed by atoms with Crippen molar-refractivity contribution in [3.63, 3.8) is 0 Å². The van der Waals surface area contributed by atoms with E-state index in [1.54, 1.807) is 36.4 Å². The maximum Gasteiger partial charge on any atom is 0.387 e. The number of hydrogen-bond acceptors (Lipinski definition) is 2. The lowest BCUT2D eigenvalue weighted by molar-refractivity contribution is -0.0506. The van der Waals surface area contributed by atoms with E-state index in [9.17, 15) is 8.78 Å². The first-order chi connectivity index (χ1) is 9.99. The minimum atomic E-state index is -2.90. The first-order valence-electron chi connectivity index (χ1n) is 6.21. The standard InChI is InChI=1S/C15H13Cl2F2NO/c16-11-5-3-6-12(17)10(11)8-13(20)9-4-1-2-7-14(9)21-15(18)19/h1-7,13,15H,8,20H2. The molecule has 2 aromatic carbocycles. The number of halogens is 4. The minimum Gasteiger partial charge on any atom is -0.434 e. The predicted molar refractivity (Wildman–Crippen MR) is 80.2 cm³/mol. The summed E-state index contributed by atoms with van der Waals surface area (Å²) in [6.45, 7) is -2.90. The van der Waals surface area contributed by atoms with Gasteiger partial charge in [0.2, 0.25) is 0 Å². The molecular formula is C15H13Cl2F2NO. The van der Waals surface area contributed by atoms with Crippen molar-refractivity contribution >= 4 is 23.2 Å². The molecule has 0 saturated carbocycles. The van der Waals surface area contributed by atoms with Gasteiger partial charge in [0.25, 0.3) is 0 Å². The molecule has 0 spiro atoms. The third-order valence-electron chi connectivity index (χ3n) is 3.02. The van der Waals surface area contributed by atoms with Gasteiger partial charge in [-0.1, -0.05) is 47.5 Å². The summed E-state index contributed by atoms with van der Waals surface area (Å²) in [5.41, 5.74) is 7.26. The van der Waals surface area contributed by atoms with Crippen molar-refractivity contribution < 1.29 is 13.5 Å². The molecule has 0 amide bonds. The second kappa shape index (κ2) is 7.07. The van der Waals surface area contributed by atoms with Crippen LogP contribution in [0.25, 0.3) is 0 Å². The molecule has 0 bridgehead atoms. The number of rotatable bonds is 5. The van der Waals surface area contributed by atoms with E-state index in [0.29, 0.717) is 27.6 Å². The summed E-state index contributed by atoms with van der Waals surface area (Å²) >= 11 is 12.2. The average molecular weight is 332 g/mol. The highest BCUT2D eigenvalue weighted by molar-refractivity contribution is 6.36. The van der Waals surface area contributed by atoms with E-state index in [1.807, 2.05) is 0 Å². The summed E-state index contributed by atoms with van der Waals surface area (Å²) in [5.74, 6) is 0.0585. The van der Waals surface area contributed by atoms with Crippen LogP contribution in [-0.4, -0.2) is 6.61 Å². The van der Waals surface area contributed by atoms with Crippen LogP contribution in [0.5, 0.6) is 5.75 Å². The molecule has 1 unspecified atom stereocenters. The van der Waals surface area contributed by atoms with Crippen molar-refractivity contribution in [2.75, 3.05) is 0 Å². The van der Waals surface area contributed by atoms with E-state index in [4.69, 9.17) is 28.9 Å². The van der Waals surface area contributed by atoms with Crippen LogP contribution in [0.15, 0.2) is 42.5 Å². The van der Waals surface area contributed by atoms with Crippen molar-refractivity contribution in [1.82, 2.24) is 0 Å². The summed E-state index contributed by atoms with van der Waals surface area (Å²) in [7, 11) is 0. The molecule has 0 radical (unpaired) electrons. The van der Waals surface area contributed by atoms with Gasteiger partial charge in [-0.3, -0.25) is 0 Å². The van der Waals surface area contributed by atoms with Crippen LogP contribution in [0.1, 0.15) is 17.2 Å². The molecule has 0 fully saturated rings. The van der Waals surface area contributed by atoms with E-state index < -0.39 is 12.7 Å². The summed E-state index contributed by atoms with van der Waals surface area (Å²) in [6, 6.07) is 11.0. The van der Waals surface area contributed by atoms with Crippen molar-refractivity contribution in [2.24, 2.45) is 5.73 Å². The van der Waals surface area contributed by atoms with Crippen molar-refractivity contribution in [2.45, 2.75) is 19.1 Å². The lowest BCUT2D eigenvalue weighted by Crippen LogP contribution is -2.16. The van der Waals surface area contributed by atoms with E-state index in [1.165, 1.54) is 6.07 Å². The zero-order chi connectivity index (χ0) is 15.4. The van der Waals surface area contributed by atoms with Crippen molar-refractivity contribution in [3.8, 4) is 5.75 Å². The molecule has 0 aromatic heterocycles. The number of hydrogen-bond donors (Lipinski definition) is 1. The number of benzene rings is 2. The van der Waals surface area contributed by atoms with Crippen LogP contribution in [0.3, 0.4) is 0 Å². The fourth-order valence-corrected chi connectivity index (χ4v) is 2.60. The zero-order valence-corrected chi connectivity index (χ0v) is 12.4. The van der Waals surface area contributed by atoms with Gasteiger partial charge >= 0.3 is 6.61 Å². The Balaban J connectivity index is 2.26. The molecule has 0 aliphatic heterocycles. The first-order valence-corrected chi connectivity index (χ1v) is 6.97. The number of ether oxygens (including phenoxy) is 1. The Morgan fingerprint density at radius 1 is 1.00 bits per heavy atom. The topological polar surface area (TPSA) is 35.2 Å². The smallest absolute Gasteiger partial charge is 0.387 e. The third-order valence-corrected chi connectivity index (χ3v) is 3.73.